The van der Waals surface area contributed by atoms with E-state index < -0.39 is 0 Å². The Balaban J connectivity index is 2.41. The molecule has 1 heterocycles. The molecule has 2 N–H and O–H groups in total. The number of aryl methyl sites for hydroxylation is 1. The maximum Gasteiger partial charge on any atom is 0.213 e. The van der Waals surface area contributed by atoms with Crippen LogP contribution in [0.5, 0.6) is 5.88 Å². The van der Waals surface area contributed by atoms with Gasteiger partial charge in [-0.25, -0.2) is 4.98 Å². The lowest BCUT2D eigenvalue weighted by molar-refractivity contribution is 0.396. The molecule has 0 amide bonds. The lowest BCUT2D eigenvalue weighted by Crippen LogP contribution is -2.05. The third kappa shape index (κ3) is 1.06. The quantitative estimate of drug-likeness (QED) is 0.674. The monoisotopic (exact) mass is 164 g/mol. The van der Waals surface area contributed by atoms with Gasteiger partial charge in [0, 0.05) is 17.8 Å². The molecule has 3 heteroatoms. The van der Waals surface area contributed by atoms with E-state index >= 15 is 0 Å². The number of pyridine rings is 1. The Kier molecular flexibility index (Phi) is 1.73. The number of hydrogen-bond donors (Lipinski definition) is 1. The highest BCUT2D eigenvalue weighted by Gasteiger charge is 2.20. The van der Waals surface area contributed by atoms with E-state index in [2.05, 4.69) is 4.98 Å². The van der Waals surface area contributed by atoms with Crippen molar-refractivity contribution in [2.45, 2.75) is 18.9 Å². The smallest absolute Gasteiger partial charge is 0.213 e. The van der Waals surface area contributed by atoms with E-state index in [4.69, 9.17) is 10.5 Å². The molecule has 0 aliphatic heterocycles. The lowest BCUT2D eigenvalue weighted by atomic mass is 10.2. The average Bonchev–Trinajstić information content (AvgIpc) is 2.47. The summed E-state index contributed by atoms with van der Waals surface area (Å²) in [6.07, 6.45) is 1.99. The second kappa shape index (κ2) is 2.75. The maximum atomic E-state index is 5.86. The van der Waals surface area contributed by atoms with Crippen LogP contribution in [0.4, 0.5) is 0 Å². The van der Waals surface area contributed by atoms with Gasteiger partial charge < -0.3 is 10.5 Å². The van der Waals surface area contributed by atoms with Crippen molar-refractivity contribution >= 4 is 0 Å². The van der Waals surface area contributed by atoms with Crippen LogP contribution in [0.1, 0.15) is 23.7 Å². The van der Waals surface area contributed by atoms with Gasteiger partial charge in [0.2, 0.25) is 5.88 Å². The number of methoxy groups -OCH3 is 1. The molecule has 1 aliphatic rings. The number of fused-ring (bicyclic) bond motifs is 1. The van der Waals surface area contributed by atoms with Gasteiger partial charge in [-0.05, 0) is 18.4 Å². The SMILES string of the molecule is COc1ccc2c(n1)CC[C@H]2N. The normalized spacial score (nSPS) is 20.7. The number of hydrogen-bond acceptors (Lipinski definition) is 3. The molecule has 1 aromatic heterocycles. The lowest BCUT2D eigenvalue weighted by Gasteiger charge is -2.04. The number of aromatic nitrogens is 1. The molecule has 1 atom stereocenters. The second-order valence-electron chi connectivity index (χ2n) is 3.03. The first-order valence-corrected chi connectivity index (χ1v) is 4.10. The first-order valence-electron chi connectivity index (χ1n) is 4.10. The molecule has 0 unspecified atom stereocenters. The summed E-state index contributed by atoms with van der Waals surface area (Å²) in [6, 6.07) is 4.06. The van der Waals surface area contributed by atoms with E-state index in [0.29, 0.717) is 5.88 Å². The molecule has 2 rings (SSSR count). The summed E-state index contributed by atoms with van der Waals surface area (Å²) in [7, 11) is 1.63. The number of nitrogens with two attached hydrogens (primary N) is 1. The van der Waals surface area contributed by atoms with E-state index in [9.17, 15) is 0 Å². The predicted octanol–water partition coefficient (Wildman–Crippen LogP) is 1.04. The van der Waals surface area contributed by atoms with Crippen molar-refractivity contribution in [2.24, 2.45) is 5.73 Å². The van der Waals surface area contributed by atoms with Crippen LogP contribution in [0.2, 0.25) is 0 Å². The topological polar surface area (TPSA) is 48.1 Å². The van der Waals surface area contributed by atoms with Crippen molar-refractivity contribution in [3.05, 3.63) is 23.4 Å². The van der Waals surface area contributed by atoms with Gasteiger partial charge in [0.25, 0.3) is 0 Å². The molecule has 0 radical (unpaired) electrons. The van der Waals surface area contributed by atoms with Crippen molar-refractivity contribution in [3.8, 4) is 5.88 Å². The number of rotatable bonds is 1. The summed E-state index contributed by atoms with van der Waals surface area (Å²) in [5.74, 6) is 0.683. The highest BCUT2D eigenvalue weighted by Crippen LogP contribution is 2.28. The van der Waals surface area contributed by atoms with Gasteiger partial charge in [-0.1, -0.05) is 6.07 Å². The predicted molar refractivity (Wildman–Crippen MR) is 46.0 cm³/mol. The third-order valence-electron chi connectivity index (χ3n) is 2.28. The van der Waals surface area contributed by atoms with Crippen LogP contribution < -0.4 is 10.5 Å². The highest BCUT2D eigenvalue weighted by molar-refractivity contribution is 5.32. The van der Waals surface area contributed by atoms with E-state index in [1.165, 1.54) is 5.56 Å². The number of nitrogens with zero attached hydrogens (tertiary/aromatic N) is 1. The van der Waals surface area contributed by atoms with Crippen molar-refractivity contribution in [3.63, 3.8) is 0 Å². The molecular weight excluding hydrogens is 152 g/mol. The zero-order valence-electron chi connectivity index (χ0n) is 7.08. The Morgan fingerprint density at radius 3 is 3.17 bits per heavy atom. The van der Waals surface area contributed by atoms with Crippen LogP contribution in [0.15, 0.2) is 12.1 Å². The molecule has 0 fully saturated rings. The summed E-state index contributed by atoms with van der Waals surface area (Å²) < 4.78 is 5.02. The third-order valence-corrected chi connectivity index (χ3v) is 2.28. The molecular formula is C9H12N2O. The Hall–Kier alpha value is -1.09. The summed E-state index contributed by atoms with van der Waals surface area (Å²) in [5.41, 5.74) is 8.13. The van der Waals surface area contributed by atoms with Gasteiger partial charge in [0.05, 0.1) is 7.11 Å². The Morgan fingerprint density at radius 1 is 1.58 bits per heavy atom. The first kappa shape index (κ1) is 7.55. The molecule has 12 heavy (non-hydrogen) atoms. The minimum atomic E-state index is 0.179. The van der Waals surface area contributed by atoms with Crippen LogP contribution in [-0.4, -0.2) is 12.1 Å². The fraction of sp³-hybridized carbons (Fsp3) is 0.444. The first-order chi connectivity index (χ1) is 5.81. The fourth-order valence-corrected chi connectivity index (χ4v) is 1.59. The molecule has 0 saturated carbocycles. The van der Waals surface area contributed by atoms with Gasteiger partial charge in [-0.15, -0.1) is 0 Å². The maximum absolute atomic E-state index is 5.86. The van der Waals surface area contributed by atoms with E-state index in [1.54, 1.807) is 7.11 Å². The molecule has 0 aromatic carbocycles. The van der Waals surface area contributed by atoms with E-state index in [1.807, 2.05) is 12.1 Å². The average molecular weight is 164 g/mol. The van der Waals surface area contributed by atoms with Crippen molar-refractivity contribution in [1.82, 2.24) is 4.98 Å². The Morgan fingerprint density at radius 2 is 2.42 bits per heavy atom. The fourth-order valence-electron chi connectivity index (χ4n) is 1.59. The standard InChI is InChI=1S/C9H12N2O/c1-12-9-5-2-6-7(10)3-4-8(6)11-9/h2,5,7H,3-4,10H2,1H3/t7-/m1/s1. The van der Waals surface area contributed by atoms with Gasteiger partial charge in [-0.2, -0.15) is 0 Å². The van der Waals surface area contributed by atoms with Crippen molar-refractivity contribution in [1.29, 1.82) is 0 Å². The summed E-state index contributed by atoms with van der Waals surface area (Å²) >= 11 is 0. The summed E-state index contributed by atoms with van der Waals surface area (Å²) in [6.45, 7) is 0. The molecule has 64 valence electrons. The molecule has 0 saturated heterocycles. The van der Waals surface area contributed by atoms with Gasteiger partial charge in [0.15, 0.2) is 0 Å². The van der Waals surface area contributed by atoms with Crippen LogP contribution in [-0.2, 0) is 6.42 Å². The minimum Gasteiger partial charge on any atom is -0.481 e. The summed E-state index contributed by atoms with van der Waals surface area (Å²) in [5, 5.41) is 0. The molecule has 3 nitrogen and oxygen atoms in total. The number of ether oxygens (including phenoxy) is 1. The van der Waals surface area contributed by atoms with Crippen LogP contribution in [0.3, 0.4) is 0 Å². The zero-order valence-corrected chi connectivity index (χ0v) is 7.08. The van der Waals surface area contributed by atoms with Crippen molar-refractivity contribution < 1.29 is 4.74 Å². The Bertz CT molecular complexity index is 299. The highest BCUT2D eigenvalue weighted by atomic mass is 16.5. The van der Waals surface area contributed by atoms with Crippen molar-refractivity contribution in [2.75, 3.05) is 7.11 Å². The minimum absolute atomic E-state index is 0.179. The van der Waals surface area contributed by atoms with E-state index in [0.717, 1.165) is 18.5 Å². The second-order valence-corrected chi connectivity index (χ2v) is 3.03. The van der Waals surface area contributed by atoms with Crippen LogP contribution in [0.25, 0.3) is 0 Å². The zero-order chi connectivity index (χ0) is 8.55. The Labute approximate surface area is 71.6 Å². The summed E-state index contributed by atoms with van der Waals surface area (Å²) in [4.78, 5) is 4.32. The van der Waals surface area contributed by atoms with Crippen LogP contribution >= 0.6 is 0 Å². The van der Waals surface area contributed by atoms with Gasteiger partial charge in [-0.3, -0.25) is 0 Å². The molecule has 0 spiro atoms. The van der Waals surface area contributed by atoms with Gasteiger partial charge in [0.1, 0.15) is 0 Å². The molecule has 1 aromatic rings. The molecule has 0 bridgehead atoms. The largest absolute Gasteiger partial charge is 0.481 e. The van der Waals surface area contributed by atoms with E-state index in [-0.39, 0.29) is 6.04 Å². The molecule has 1 aliphatic carbocycles. The van der Waals surface area contributed by atoms with Gasteiger partial charge >= 0.3 is 0 Å². The van der Waals surface area contributed by atoms with Crippen LogP contribution in [0, 0.1) is 0 Å².